The minimum absolute atomic E-state index is 0.0170. The summed E-state index contributed by atoms with van der Waals surface area (Å²) in [6.45, 7) is 8.34. The Morgan fingerprint density at radius 2 is 1.62 bits per heavy atom. The van der Waals surface area contributed by atoms with Crippen LogP contribution in [0.5, 0.6) is 5.75 Å². The molecule has 5 rings (SSSR count). The van der Waals surface area contributed by atoms with E-state index in [0.29, 0.717) is 29.4 Å². The van der Waals surface area contributed by atoms with Crippen LogP contribution in [0, 0.1) is 10.1 Å². The van der Waals surface area contributed by atoms with Gasteiger partial charge in [0.2, 0.25) is 5.91 Å². The number of nitro groups is 1. The van der Waals surface area contributed by atoms with Crippen molar-refractivity contribution in [1.82, 2.24) is 4.90 Å². The van der Waals surface area contributed by atoms with Gasteiger partial charge in [0, 0.05) is 54.8 Å². The smallest absolute Gasteiger partial charge is 0.410 e. The molecule has 0 N–H and O–H groups in total. The summed E-state index contributed by atoms with van der Waals surface area (Å²) in [5.41, 5.74) is 0.848. The third-order valence-electron chi connectivity index (χ3n) is 6.93. The lowest BCUT2D eigenvalue weighted by Crippen LogP contribution is -2.46. The van der Waals surface area contributed by atoms with Gasteiger partial charge in [0.25, 0.3) is 5.69 Å². The summed E-state index contributed by atoms with van der Waals surface area (Å²) in [5, 5.41) is 11.3. The number of carbonyl (C=O) groups excluding carboxylic acids is 2. The van der Waals surface area contributed by atoms with E-state index in [1.165, 1.54) is 30.8 Å². The summed E-state index contributed by atoms with van der Waals surface area (Å²) < 4.78 is 17.9. The molecule has 2 aliphatic heterocycles. The van der Waals surface area contributed by atoms with Gasteiger partial charge in [0.05, 0.1) is 28.5 Å². The van der Waals surface area contributed by atoms with Gasteiger partial charge in [-0.15, -0.1) is 0 Å². The molecule has 0 unspecified atom stereocenters. The average molecular weight is 556 g/mol. The van der Waals surface area contributed by atoms with Crippen molar-refractivity contribution in [3.8, 4) is 5.75 Å². The van der Waals surface area contributed by atoms with Crippen LogP contribution in [0.1, 0.15) is 53.4 Å². The van der Waals surface area contributed by atoms with Gasteiger partial charge in [-0.25, -0.2) is 4.79 Å². The number of hydrogen-bond acceptors (Lipinski definition) is 8. The molecule has 1 aliphatic carbocycles. The molecule has 11 heteroatoms. The van der Waals surface area contributed by atoms with Gasteiger partial charge < -0.3 is 19.1 Å². The molecule has 2 aromatic carbocycles. The van der Waals surface area contributed by atoms with Crippen molar-refractivity contribution >= 4 is 40.8 Å². The Morgan fingerprint density at radius 1 is 0.974 bits per heavy atom. The minimum atomic E-state index is -0.500. The van der Waals surface area contributed by atoms with E-state index in [4.69, 9.17) is 14.2 Å². The Bertz CT molecular complexity index is 1280. The van der Waals surface area contributed by atoms with Crippen molar-refractivity contribution < 1.29 is 28.7 Å². The van der Waals surface area contributed by atoms with Gasteiger partial charge in [-0.05, 0) is 57.9 Å². The maximum absolute atomic E-state index is 12.5. The lowest BCUT2D eigenvalue weighted by molar-refractivity contribution is -0.385. The number of nitrogens with zero attached hydrogens (tertiary/aromatic N) is 3. The first-order chi connectivity index (χ1) is 18.5. The van der Waals surface area contributed by atoms with Crippen molar-refractivity contribution in [1.29, 1.82) is 0 Å². The highest BCUT2D eigenvalue weighted by atomic mass is 32.2. The average Bonchev–Trinajstić information content (AvgIpc) is 2.84. The molecule has 10 nitrogen and oxygen atoms in total. The fourth-order valence-corrected chi connectivity index (χ4v) is 6.11. The number of carbonyl (C=O) groups is 2. The lowest BCUT2D eigenvalue weighted by Gasteiger charge is -2.40. The van der Waals surface area contributed by atoms with Crippen molar-refractivity contribution in [2.24, 2.45) is 0 Å². The number of rotatable bonds is 5. The van der Waals surface area contributed by atoms with E-state index < -0.39 is 10.5 Å². The number of ether oxygens (including phenoxy) is 3. The third kappa shape index (κ3) is 6.14. The third-order valence-corrected chi connectivity index (χ3v) is 8.03. The Hall–Kier alpha value is -3.31. The zero-order valence-corrected chi connectivity index (χ0v) is 23.4. The number of fused-ring (bicyclic) bond motifs is 2. The first-order valence-corrected chi connectivity index (χ1v) is 14.0. The van der Waals surface area contributed by atoms with Crippen LogP contribution in [0.2, 0.25) is 0 Å². The second-order valence-corrected chi connectivity index (χ2v) is 12.2. The van der Waals surface area contributed by atoms with E-state index in [9.17, 15) is 19.7 Å². The number of nitro benzene ring substituents is 1. The molecule has 2 aromatic rings. The molecular formula is C28H33N3O7S. The molecule has 39 heavy (non-hydrogen) atoms. The predicted molar refractivity (Wildman–Crippen MR) is 146 cm³/mol. The van der Waals surface area contributed by atoms with Crippen LogP contribution in [0.25, 0.3) is 0 Å². The maximum atomic E-state index is 12.5. The molecule has 0 spiro atoms. The van der Waals surface area contributed by atoms with Gasteiger partial charge in [-0.1, -0.05) is 11.8 Å². The maximum Gasteiger partial charge on any atom is 0.410 e. The zero-order valence-electron chi connectivity index (χ0n) is 22.5. The van der Waals surface area contributed by atoms with E-state index in [1.807, 2.05) is 39.0 Å². The molecular weight excluding hydrogens is 522 g/mol. The van der Waals surface area contributed by atoms with E-state index in [2.05, 4.69) is 0 Å². The van der Waals surface area contributed by atoms with Gasteiger partial charge in [0.1, 0.15) is 17.5 Å². The monoisotopic (exact) mass is 555 g/mol. The Kier molecular flexibility index (Phi) is 7.47. The van der Waals surface area contributed by atoms with E-state index in [-0.39, 0.29) is 36.0 Å². The quantitative estimate of drug-likeness (QED) is 0.323. The fraction of sp³-hybridized carbons (Fsp3) is 0.500. The number of piperidine rings is 1. The summed E-state index contributed by atoms with van der Waals surface area (Å²) >= 11 is 1.39. The van der Waals surface area contributed by atoms with E-state index >= 15 is 0 Å². The summed E-state index contributed by atoms with van der Waals surface area (Å²) in [5.74, 6) is 0.518. The van der Waals surface area contributed by atoms with Gasteiger partial charge in [0.15, 0.2) is 0 Å². The Balaban J connectivity index is 1.14. The minimum Gasteiger partial charge on any atom is -0.490 e. The van der Waals surface area contributed by atoms with Crippen LogP contribution < -0.4 is 9.64 Å². The van der Waals surface area contributed by atoms with Crippen LogP contribution in [-0.4, -0.2) is 58.8 Å². The number of hydrogen-bond donors (Lipinski definition) is 0. The molecule has 0 aromatic heterocycles. The van der Waals surface area contributed by atoms with Crippen LogP contribution in [0.4, 0.5) is 21.9 Å². The topological polar surface area (TPSA) is 111 Å². The van der Waals surface area contributed by atoms with Crippen molar-refractivity contribution in [3.63, 3.8) is 0 Å². The highest BCUT2D eigenvalue weighted by molar-refractivity contribution is 7.99. The number of benzene rings is 2. The molecule has 1 saturated carbocycles. The molecule has 2 heterocycles. The first-order valence-electron chi connectivity index (χ1n) is 13.2. The molecule has 2 amide bonds. The highest BCUT2D eigenvalue weighted by Crippen LogP contribution is 2.50. The van der Waals surface area contributed by atoms with Crippen molar-refractivity contribution in [2.75, 3.05) is 18.0 Å². The normalized spacial score (nSPS) is 20.9. The number of anilines is 2. The van der Waals surface area contributed by atoms with Crippen LogP contribution in [-0.2, 0) is 14.3 Å². The second kappa shape index (κ2) is 10.7. The SMILES string of the molecule is CC(=O)N1c2ccc(OC3CC(OC4CCN(C(=O)OC(C)(C)C)CC4)C3)cc2Sc2cc([N+](=O)[O-])ccc21. The standard InChI is InChI=1S/C28H33N3O7S/c1-17(32)30-23-7-5-18(31(34)35)13-25(23)39-26-16-20(6-8-24(26)30)37-22-14-21(15-22)36-19-9-11-29(12-10-19)27(33)38-28(2,3)4/h5-8,13,16,19,21-22H,9-12,14-15H2,1-4H3. The number of non-ortho nitro benzene ring substituents is 1. The lowest BCUT2D eigenvalue weighted by atomic mass is 9.91. The van der Waals surface area contributed by atoms with Crippen molar-refractivity contribution in [2.45, 2.75) is 87.1 Å². The highest BCUT2D eigenvalue weighted by Gasteiger charge is 2.36. The van der Waals surface area contributed by atoms with Crippen LogP contribution >= 0.6 is 11.8 Å². The zero-order chi connectivity index (χ0) is 27.9. The second-order valence-electron chi connectivity index (χ2n) is 11.1. The molecule has 0 atom stereocenters. The van der Waals surface area contributed by atoms with Gasteiger partial charge in [-0.2, -0.15) is 0 Å². The molecule has 0 radical (unpaired) electrons. The molecule has 3 aliphatic rings. The molecule has 2 fully saturated rings. The van der Waals surface area contributed by atoms with Gasteiger partial charge in [-0.3, -0.25) is 19.8 Å². The van der Waals surface area contributed by atoms with E-state index in [0.717, 1.165) is 36.3 Å². The fourth-order valence-electron chi connectivity index (χ4n) is 4.99. The summed E-state index contributed by atoms with van der Waals surface area (Å²) in [4.78, 5) is 40.4. The summed E-state index contributed by atoms with van der Waals surface area (Å²) in [6, 6.07) is 10.1. The Morgan fingerprint density at radius 3 is 2.23 bits per heavy atom. The van der Waals surface area contributed by atoms with Crippen molar-refractivity contribution in [3.05, 3.63) is 46.5 Å². The first kappa shape index (κ1) is 27.3. The Labute approximate surface area is 231 Å². The summed E-state index contributed by atoms with van der Waals surface area (Å²) in [6.07, 6.45) is 3.15. The largest absolute Gasteiger partial charge is 0.490 e. The van der Waals surface area contributed by atoms with Crippen LogP contribution in [0.15, 0.2) is 46.2 Å². The number of likely N-dealkylation sites (tertiary alicyclic amines) is 1. The van der Waals surface area contributed by atoms with Gasteiger partial charge >= 0.3 is 6.09 Å². The molecule has 1 saturated heterocycles. The summed E-state index contributed by atoms with van der Waals surface area (Å²) in [7, 11) is 0. The molecule has 0 bridgehead atoms. The van der Waals surface area contributed by atoms with E-state index in [1.54, 1.807) is 15.9 Å². The number of amides is 2. The van der Waals surface area contributed by atoms with Crippen LogP contribution in [0.3, 0.4) is 0 Å². The molecule has 208 valence electrons. The predicted octanol–water partition coefficient (Wildman–Crippen LogP) is 6.07.